The SMILES string of the molecule is CCC(C)(O)C(O)c1ccnn1-c1ccccc1. The van der Waals surface area contributed by atoms with E-state index in [4.69, 9.17) is 0 Å². The lowest BCUT2D eigenvalue weighted by Gasteiger charge is -2.28. The maximum Gasteiger partial charge on any atom is 0.124 e. The molecule has 0 spiro atoms. The number of benzene rings is 1. The van der Waals surface area contributed by atoms with Gasteiger partial charge in [-0.05, 0) is 31.5 Å². The number of hydrogen-bond donors (Lipinski definition) is 2. The Morgan fingerprint density at radius 3 is 2.56 bits per heavy atom. The Labute approximate surface area is 107 Å². The molecule has 0 bridgehead atoms. The van der Waals surface area contributed by atoms with Crippen LogP contribution in [0.1, 0.15) is 32.1 Å². The molecule has 1 heterocycles. The van der Waals surface area contributed by atoms with Crippen molar-refractivity contribution < 1.29 is 10.2 Å². The first kappa shape index (κ1) is 12.8. The van der Waals surface area contributed by atoms with Crippen molar-refractivity contribution in [3.63, 3.8) is 0 Å². The first-order chi connectivity index (χ1) is 8.56. The number of rotatable bonds is 4. The standard InChI is InChI=1S/C14H18N2O2/c1-3-14(2,18)13(17)12-9-10-15-16(12)11-7-5-4-6-8-11/h4-10,13,17-18H,3H2,1-2H3. The molecule has 0 aliphatic rings. The maximum absolute atomic E-state index is 10.3. The molecule has 2 aromatic rings. The summed E-state index contributed by atoms with van der Waals surface area (Å²) < 4.78 is 1.65. The Hall–Kier alpha value is -1.65. The van der Waals surface area contributed by atoms with Crippen molar-refractivity contribution >= 4 is 0 Å². The van der Waals surface area contributed by atoms with Crippen molar-refractivity contribution in [1.29, 1.82) is 0 Å². The second-order valence-corrected chi connectivity index (χ2v) is 4.62. The van der Waals surface area contributed by atoms with Crippen molar-refractivity contribution in [3.8, 4) is 5.69 Å². The van der Waals surface area contributed by atoms with Gasteiger partial charge in [0.1, 0.15) is 6.10 Å². The van der Waals surface area contributed by atoms with E-state index in [2.05, 4.69) is 5.10 Å². The van der Waals surface area contributed by atoms with Crippen LogP contribution in [0.3, 0.4) is 0 Å². The van der Waals surface area contributed by atoms with Gasteiger partial charge < -0.3 is 10.2 Å². The highest BCUT2D eigenvalue weighted by molar-refractivity contribution is 5.33. The molecule has 2 atom stereocenters. The highest BCUT2D eigenvalue weighted by atomic mass is 16.3. The van der Waals surface area contributed by atoms with Gasteiger partial charge in [-0.15, -0.1) is 0 Å². The van der Waals surface area contributed by atoms with E-state index in [1.54, 1.807) is 23.9 Å². The van der Waals surface area contributed by atoms with Crippen molar-refractivity contribution in [2.45, 2.75) is 32.0 Å². The number of para-hydroxylation sites is 1. The van der Waals surface area contributed by atoms with Gasteiger partial charge in [0, 0.05) is 6.20 Å². The molecule has 4 nitrogen and oxygen atoms in total. The van der Waals surface area contributed by atoms with Crippen molar-refractivity contribution in [3.05, 3.63) is 48.3 Å². The second-order valence-electron chi connectivity index (χ2n) is 4.62. The van der Waals surface area contributed by atoms with Crippen molar-refractivity contribution in [1.82, 2.24) is 9.78 Å². The molecular weight excluding hydrogens is 228 g/mol. The summed E-state index contributed by atoms with van der Waals surface area (Å²) in [6.45, 7) is 3.46. The normalized spacial score (nSPS) is 16.2. The molecule has 0 aliphatic heterocycles. The summed E-state index contributed by atoms with van der Waals surface area (Å²) in [4.78, 5) is 0. The van der Waals surface area contributed by atoms with E-state index in [-0.39, 0.29) is 0 Å². The number of aliphatic hydroxyl groups excluding tert-OH is 1. The van der Waals surface area contributed by atoms with E-state index in [9.17, 15) is 10.2 Å². The quantitative estimate of drug-likeness (QED) is 0.868. The van der Waals surface area contributed by atoms with Gasteiger partial charge in [0.05, 0.1) is 17.0 Å². The van der Waals surface area contributed by atoms with Gasteiger partial charge in [0.25, 0.3) is 0 Å². The summed E-state index contributed by atoms with van der Waals surface area (Å²) in [7, 11) is 0. The van der Waals surface area contributed by atoms with Crippen molar-refractivity contribution in [2.75, 3.05) is 0 Å². The molecule has 0 aliphatic carbocycles. The maximum atomic E-state index is 10.3. The first-order valence-corrected chi connectivity index (χ1v) is 6.06. The van der Waals surface area contributed by atoms with Gasteiger partial charge >= 0.3 is 0 Å². The Balaban J connectivity index is 2.40. The van der Waals surface area contributed by atoms with Crippen LogP contribution < -0.4 is 0 Å². The third-order valence-corrected chi connectivity index (χ3v) is 3.26. The average molecular weight is 246 g/mol. The molecule has 0 saturated carbocycles. The number of aliphatic hydroxyl groups is 2. The van der Waals surface area contributed by atoms with E-state index in [1.165, 1.54) is 0 Å². The van der Waals surface area contributed by atoms with E-state index in [0.717, 1.165) is 5.69 Å². The van der Waals surface area contributed by atoms with Gasteiger partial charge in [-0.2, -0.15) is 5.10 Å². The summed E-state index contributed by atoms with van der Waals surface area (Å²) in [5.41, 5.74) is 0.295. The zero-order valence-corrected chi connectivity index (χ0v) is 10.6. The van der Waals surface area contributed by atoms with E-state index in [0.29, 0.717) is 12.1 Å². The third kappa shape index (κ3) is 2.30. The molecule has 4 heteroatoms. The fourth-order valence-corrected chi connectivity index (χ4v) is 1.82. The highest BCUT2D eigenvalue weighted by Gasteiger charge is 2.32. The van der Waals surface area contributed by atoms with E-state index >= 15 is 0 Å². The molecule has 0 fully saturated rings. The van der Waals surface area contributed by atoms with Crippen LogP contribution in [-0.2, 0) is 0 Å². The Morgan fingerprint density at radius 1 is 1.28 bits per heavy atom. The molecular formula is C14H18N2O2. The summed E-state index contributed by atoms with van der Waals surface area (Å²) in [6.07, 6.45) is 1.12. The molecule has 18 heavy (non-hydrogen) atoms. The minimum Gasteiger partial charge on any atom is -0.387 e. The molecule has 0 amide bonds. The lowest BCUT2D eigenvalue weighted by Crippen LogP contribution is -2.33. The number of aromatic nitrogens is 2. The molecule has 2 unspecified atom stereocenters. The average Bonchev–Trinajstić information content (AvgIpc) is 2.87. The van der Waals surface area contributed by atoms with Crippen molar-refractivity contribution in [2.24, 2.45) is 0 Å². The Morgan fingerprint density at radius 2 is 1.94 bits per heavy atom. The Kier molecular flexibility index (Phi) is 3.50. The van der Waals surface area contributed by atoms with Crippen LogP contribution in [0.5, 0.6) is 0 Å². The lowest BCUT2D eigenvalue weighted by molar-refractivity contribution is -0.0687. The number of nitrogens with zero attached hydrogens (tertiary/aromatic N) is 2. The van der Waals surface area contributed by atoms with Crippen LogP contribution in [0.2, 0.25) is 0 Å². The van der Waals surface area contributed by atoms with E-state index < -0.39 is 11.7 Å². The summed E-state index contributed by atoms with van der Waals surface area (Å²) in [5, 5.41) is 24.6. The Bertz CT molecular complexity index is 506. The van der Waals surface area contributed by atoms with Gasteiger partial charge in [0.2, 0.25) is 0 Å². The first-order valence-electron chi connectivity index (χ1n) is 6.06. The van der Waals surface area contributed by atoms with Gasteiger partial charge in [-0.25, -0.2) is 4.68 Å². The van der Waals surface area contributed by atoms with Gasteiger partial charge in [-0.3, -0.25) is 0 Å². The van der Waals surface area contributed by atoms with Crippen LogP contribution in [0.15, 0.2) is 42.6 Å². The molecule has 2 N–H and O–H groups in total. The van der Waals surface area contributed by atoms with Gasteiger partial charge in [0.15, 0.2) is 0 Å². The predicted octanol–water partition coefficient (Wildman–Crippen LogP) is 2.07. The smallest absolute Gasteiger partial charge is 0.124 e. The molecule has 1 aromatic heterocycles. The topological polar surface area (TPSA) is 58.3 Å². The largest absolute Gasteiger partial charge is 0.387 e. The highest BCUT2D eigenvalue weighted by Crippen LogP contribution is 2.29. The van der Waals surface area contributed by atoms with Crippen LogP contribution in [-0.4, -0.2) is 25.6 Å². The van der Waals surface area contributed by atoms with Crippen LogP contribution in [0.4, 0.5) is 0 Å². The monoisotopic (exact) mass is 246 g/mol. The minimum absolute atomic E-state index is 0.466. The minimum atomic E-state index is -1.16. The predicted molar refractivity (Wildman–Crippen MR) is 69.4 cm³/mol. The van der Waals surface area contributed by atoms with Crippen LogP contribution in [0.25, 0.3) is 5.69 Å². The fraction of sp³-hybridized carbons (Fsp3) is 0.357. The summed E-state index contributed by atoms with van der Waals surface area (Å²) in [6, 6.07) is 11.3. The third-order valence-electron chi connectivity index (χ3n) is 3.26. The number of hydrogen-bond acceptors (Lipinski definition) is 3. The molecule has 0 saturated heterocycles. The summed E-state index contributed by atoms with van der Waals surface area (Å²) >= 11 is 0. The zero-order valence-electron chi connectivity index (χ0n) is 10.6. The van der Waals surface area contributed by atoms with E-state index in [1.807, 2.05) is 37.3 Å². The van der Waals surface area contributed by atoms with Crippen LogP contribution >= 0.6 is 0 Å². The van der Waals surface area contributed by atoms with Gasteiger partial charge in [-0.1, -0.05) is 25.1 Å². The lowest BCUT2D eigenvalue weighted by atomic mass is 9.93. The second kappa shape index (κ2) is 4.92. The zero-order chi connectivity index (χ0) is 13.2. The molecule has 96 valence electrons. The molecule has 0 radical (unpaired) electrons. The summed E-state index contributed by atoms with van der Waals surface area (Å²) in [5.74, 6) is 0. The molecule has 2 rings (SSSR count). The molecule has 1 aromatic carbocycles. The fourth-order valence-electron chi connectivity index (χ4n) is 1.82. The van der Waals surface area contributed by atoms with Crippen LogP contribution in [0, 0.1) is 0 Å².